The zero-order chi connectivity index (χ0) is 14.8. The van der Waals surface area contributed by atoms with Gasteiger partial charge in [-0.15, -0.1) is 0 Å². The van der Waals surface area contributed by atoms with Crippen LogP contribution in [-0.2, 0) is 0 Å². The largest absolute Gasteiger partial charge is 0.369 e. The van der Waals surface area contributed by atoms with Crippen LogP contribution in [0.3, 0.4) is 0 Å². The Balaban J connectivity index is 1.76. The van der Waals surface area contributed by atoms with Crippen molar-refractivity contribution < 1.29 is 4.79 Å². The van der Waals surface area contributed by atoms with Gasteiger partial charge in [-0.1, -0.05) is 0 Å². The zero-order valence-corrected chi connectivity index (χ0v) is 12.7. The fraction of sp³-hybridized carbons (Fsp3) is 0.667. The van der Waals surface area contributed by atoms with Gasteiger partial charge in [0.1, 0.15) is 11.5 Å². The Hall–Kier alpha value is -1.69. The summed E-state index contributed by atoms with van der Waals surface area (Å²) in [6.45, 7) is 7.84. The number of aromatic nitrogens is 2. The number of amides is 1. The van der Waals surface area contributed by atoms with Crippen LogP contribution in [0.15, 0.2) is 12.4 Å². The lowest BCUT2D eigenvalue weighted by Crippen LogP contribution is -2.56. The summed E-state index contributed by atoms with van der Waals surface area (Å²) in [5.41, 5.74) is 0.437. The van der Waals surface area contributed by atoms with Gasteiger partial charge >= 0.3 is 0 Å². The Morgan fingerprint density at radius 3 is 3.10 bits per heavy atom. The summed E-state index contributed by atoms with van der Waals surface area (Å²) >= 11 is 0. The van der Waals surface area contributed by atoms with Gasteiger partial charge in [0, 0.05) is 31.7 Å². The highest BCUT2D eigenvalue weighted by Gasteiger charge is 2.37. The van der Waals surface area contributed by atoms with E-state index >= 15 is 0 Å². The number of rotatable bonds is 3. The lowest BCUT2D eigenvalue weighted by atomic mass is 10.1. The van der Waals surface area contributed by atoms with Gasteiger partial charge in [-0.3, -0.25) is 14.7 Å². The Bertz CT molecular complexity index is 521. The second-order valence-electron chi connectivity index (χ2n) is 5.92. The predicted molar refractivity (Wildman–Crippen MR) is 81.3 cm³/mol. The van der Waals surface area contributed by atoms with E-state index in [9.17, 15) is 4.79 Å². The minimum Gasteiger partial charge on any atom is -0.369 e. The lowest BCUT2D eigenvalue weighted by molar-refractivity contribution is 0.0390. The number of carbonyl (C=O) groups excluding carboxylic acids is 1. The van der Waals surface area contributed by atoms with Crippen molar-refractivity contribution in [3.63, 3.8) is 0 Å². The van der Waals surface area contributed by atoms with E-state index in [-0.39, 0.29) is 11.9 Å². The molecule has 6 nitrogen and oxygen atoms in total. The van der Waals surface area contributed by atoms with Gasteiger partial charge in [0.2, 0.25) is 0 Å². The van der Waals surface area contributed by atoms with E-state index in [4.69, 9.17) is 0 Å². The molecule has 0 saturated carbocycles. The van der Waals surface area contributed by atoms with Crippen LogP contribution in [0.4, 0.5) is 5.82 Å². The number of nitrogens with one attached hydrogen (secondary N) is 1. The fourth-order valence-electron chi connectivity index (χ4n) is 3.35. The van der Waals surface area contributed by atoms with E-state index in [0.29, 0.717) is 17.6 Å². The topological polar surface area (TPSA) is 61.4 Å². The average molecular weight is 289 g/mol. The Labute approximate surface area is 125 Å². The van der Waals surface area contributed by atoms with Crippen LogP contribution in [0.25, 0.3) is 0 Å². The number of piperazine rings is 1. The summed E-state index contributed by atoms with van der Waals surface area (Å²) in [4.78, 5) is 25.7. The van der Waals surface area contributed by atoms with Crippen molar-refractivity contribution in [1.29, 1.82) is 0 Å². The smallest absolute Gasteiger partial charge is 0.274 e. The first-order chi connectivity index (χ1) is 10.2. The molecule has 1 N–H and O–H groups in total. The molecule has 0 bridgehead atoms. The van der Waals surface area contributed by atoms with Crippen LogP contribution in [0.1, 0.15) is 37.2 Å². The molecule has 2 aliphatic heterocycles. The molecular formula is C15H23N5O. The molecular weight excluding hydrogens is 266 g/mol. The highest BCUT2D eigenvalue weighted by Crippen LogP contribution is 2.25. The van der Waals surface area contributed by atoms with Gasteiger partial charge < -0.3 is 10.2 Å². The third-order valence-electron chi connectivity index (χ3n) is 4.41. The van der Waals surface area contributed by atoms with Gasteiger partial charge in [0.05, 0.1) is 12.4 Å². The molecule has 3 heterocycles. The molecule has 1 aromatic rings. The highest BCUT2D eigenvalue weighted by atomic mass is 16.2. The van der Waals surface area contributed by atoms with Crippen LogP contribution in [-0.4, -0.2) is 63.9 Å². The first kappa shape index (κ1) is 14.3. The number of fused-ring (bicyclic) bond motifs is 1. The van der Waals surface area contributed by atoms with Gasteiger partial charge in [0.15, 0.2) is 0 Å². The number of nitrogens with zero attached hydrogens (tertiary/aromatic N) is 4. The minimum atomic E-state index is 0.00121. The maximum absolute atomic E-state index is 12.7. The van der Waals surface area contributed by atoms with E-state index in [0.717, 1.165) is 19.6 Å². The third-order valence-corrected chi connectivity index (χ3v) is 4.41. The molecule has 0 spiro atoms. The number of anilines is 1. The lowest BCUT2D eigenvalue weighted by Gasteiger charge is -2.42. The number of hydrogen-bond acceptors (Lipinski definition) is 5. The van der Waals surface area contributed by atoms with Crippen LogP contribution in [0, 0.1) is 0 Å². The van der Waals surface area contributed by atoms with Crippen molar-refractivity contribution in [3.8, 4) is 0 Å². The fourth-order valence-corrected chi connectivity index (χ4v) is 3.35. The van der Waals surface area contributed by atoms with Gasteiger partial charge in [-0.25, -0.2) is 4.98 Å². The molecule has 6 heteroatoms. The van der Waals surface area contributed by atoms with Crippen LogP contribution < -0.4 is 5.32 Å². The van der Waals surface area contributed by atoms with Crippen LogP contribution in [0.5, 0.6) is 0 Å². The van der Waals surface area contributed by atoms with Crippen molar-refractivity contribution >= 4 is 11.7 Å². The molecule has 2 fully saturated rings. The second kappa shape index (κ2) is 5.97. The van der Waals surface area contributed by atoms with Crippen LogP contribution in [0.2, 0.25) is 0 Å². The summed E-state index contributed by atoms with van der Waals surface area (Å²) in [6.07, 6.45) is 5.66. The van der Waals surface area contributed by atoms with E-state index in [1.165, 1.54) is 19.4 Å². The monoisotopic (exact) mass is 289 g/mol. The predicted octanol–water partition coefficient (Wildman–Crippen LogP) is 1.22. The molecule has 2 saturated heterocycles. The second-order valence-corrected chi connectivity index (χ2v) is 5.92. The zero-order valence-electron chi connectivity index (χ0n) is 12.7. The summed E-state index contributed by atoms with van der Waals surface area (Å²) in [6, 6.07) is 0.756. The van der Waals surface area contributed by atoms with Crippen molar-refractivity contribution in [1.82, 2.24) is 19.8 Å². The van der Waals surface area contributed by atoms with E-state index in [1.807, 2.05) is 11.8 Å². The average Bonchev–Trinajstić information content (AvgIpc) is 2.93. The Kier molecular flexibility index (Phi) is 4.05. The highest BCUT2D eigenvalue weighted by molar-refractivity contribution is 5.92. The molecule has 0 aliphatic carbocycles. The van der Waals surface area contributed by atoms with Gasteiger partial charge in [-0.2, -0.15) is 0 Å². The van der Waals surface area contributed by atoms with E-state index in [1.54, 1.807) is 12.4 Å². The maximum atomic E-state index is 12.7. The molecule has 2 aliphatic rings. The van der Waals surface area contributed by atoms with Crippen molar-refractivity contribution in [3.05, 3.63) is 18.1 Å². The summed E-state index contributed by atoms with van der Waals surface area (Å²) in [5, 5.41) is 3.10. The molecule has 0 aromatic carbocycles. The summed E-state index contributed by atoms with van der Waals surface area (Å²) in [5.74, 6) is 0.664. The van der Waals surface area contributed by atoms with Crippen molar-refractivity contribution in [2.45, 2.75) is 38.8 Å². The van der Waals surface area contributed by atoms with E-state index < -0.39 is 0 Å². The van der Waals surface area contributed by atoms with Crippen LogP contribution >= 0.6 is 0 Å². The maximum Gasteiger partial charge on any atom is 0.274 e. The molecule has 1 aromatic heterocycles. The third kappa shape index (κ3) is 2.85. The quantitative estimate of drug-likeness (QED) is 0.906. The molecule has 0 radical (unpaired) electrons. The molecule has 114 valence electrons. The van der Waals surface area contributed by atoms with Crippen molar-refractivity contribution in [2.24, 2.45) is 0 Å². The molecule has 3 rings (SSSR count). The first-order valence-electron chi connectivity index (χ1n) is 7.80. The van der Waals surface area contributed by atoms with Gasteiger partial charge in [0.25, 0.3) is 5.91 Å². The van der Waals surface area contributed by atoms with E-state index in [2.05, 4.69) is 27.1 Å². The van der Waals surface area contributed by atoms with Gasteiger partial charge in [-0.05, 0) is 33.2 Å². The number of carbonyl (C=O) groups is 1. The Morgan fingerprint density at radius 2 is 2.29 bits per heavy atom. The number of hydrogen-bond donors (Lipinski definition) is 1. The molecule has 1 amide bonds. The first-order valence-corrected chi connectivity index (χ1v) is 7.80. The molecule has 2 atom stereocenters. The normalized spacial score (nSPS) is 25.7. The summed E-state index contributed by atoms with van der Waals surface area (Å²) in [7, 11) is 0. The molecule has 2 unspecified atom stereocenters. The summed E-state index contributed by atoms with van der Waals surface area (Å²) < 4.78 is 0. The minimum absolute atomic E-state index is 0.00121. The standard InChI is InChI=1S/C15H23N5O/c1-3-17-14-8-16-7-13(18-14)15(21)20-10-12-5-4-6-19(12)9-11(20)2/h7-8,11-12H,3-6,9-10H2,1-2H3,(H,17,18). The molecule has 21 heavy (non-hydrogen) atoms. The van der Waals surface area contributed by atoms with Crippen molar-refractivity contribution in [2.75, 3.05) is 31.5 Å². The SMILES string of the molecule is CCNc1cncc(C(=O)N2CC3CCCN3CC2C)n1. The Morgan fingerprint density at radius 1 is 1.43 bits per heavy atom.